The molecule has 1 saturated heterocycles. The first-order valence-corrected chi connectivity index (χ1v) is 7.90. The van der Waals surface area contributed by atoms with E-state index in [1.807, 2.05) is 13.8 Å². The molecule has 8 heteroatoms. The number of likely N-dealkylation sites (N-methyl/N-ethyl adjacent to an activating group) is 1. The molecular formula is C11H17N3O3S2. The van der Waals surface area contributed by atoms with E-state index in [1.54, 1.807) is 4.90 Å². The zero-order chi connectivity index (χ0) is 13.8. The third-order valence-electron chi connectivity index (χ3n) is 2.91. The fourth-order valence-corrected chi connectivity index (χ4v) is 3.67. The number of aromatic nitrogens is 2. The Kier molecular flexibility index (Phi) is 5.14. The molecule has 6 nitrogen and oxygen atoms in total. The Bertz CT molecular complexity index is 441. The first-order valence-electron chi connectivity index (χ1n) is 6.10. The summed E-state index contributed by atoms with van der Waals surface area (Å²) in [5.74, 6) is 0.306. The van der Waals surface area contributed by atoms with Gasteiger partial charge in [-0.05, 0) is 13.8 Å². The second-order valence-electron chi connectivity index (χ2n) is 4.23. The number of rotatable bonds is 5. The maximum Gasteiger partial charge on any atom is 0.233 e. The molecule has 0 saturated carbocycles. The summed E-state index contributed by atoms with van der Waals surface area (Å²) in [6.45, 7) is 5.07. The summed E-state index contributed by atoms with van der Waals surface area (Å²) in [7, 11) is 0. The van der Waals surface area contributed by atoms with E-state index in [2.05, 4.69) is 10.2 Å². The van der Waals surface area contributed by atoms with Gasteiger partial charge in [0.1, 0.15) is 5.01 Å². The number of thioether (sulfide) groups is 1. The van der Waals surface area contributed by atoms with Crippen LogP contribution in [0.5, 0.6) is 0 Å². The van der Waals surface area contributed by atoms with Crippen LogP contribution >= 0.6 is 23.1 Å². The van der Waals surface area contributed by atoms with Crippen molar-refractivity contribution in [2.45, 2.75) is 30.3 Å². The number of aliphatic hydroxyl groups is 1. The molecule has 0 spiro atoms. The Morgan fingerprint density at radius 2 is 2.37 bits per heavy atom. The van der Waals surface area contributed by atoms with E-state index >= 15 is 0 Å². The van der Waals surface area contributed by atoms with Crippen molar-refractivity contribution >= 4 is 29.0 Å². The van der Waals surface area contributed by atoms with Gasteiger partial charge in [0.05, 0.1) is 31.1 Å². The average Bonchev–Trinajstić information content (AvgIpc) is 2.98. The molecule has 0 unspecified atom stereocenters. The van der Waals surface area contributed by atoms with Crippen molar-refractivity contribution in [2.75, 3.05) is 25.5 Å². The standard InChI is InChI=1S/C11H17N3O3S2/c1-3-14(8-4-17-5-9(8)15)10(16)6-18-11-13-12-7(2)19-11/h8-9,15H,3-6H2,1-2H3/t8-,9-/m0/s1. The highest BCUT2D eigenvalue weighted by molar-refractivity contribution is 8.01. The van der Waals surface area contributed by atoms with Gasteiger partial charge in [0.25, 0.3) is 0 Å². The highest BCUT2D eigenvalue weighted by Crippen LogP contribution is 2.23. The average molecular weight is 303 g/mol. The van der Waals surface area contributed by atoms with Gasteiger partial charge in [0.2, 0.25) is 5.91 Å². The van der Waals surface area contributed by atoms with Gasteiger partial charge in [0.15, 0.2) is 4.34 Å². The summed E-state index contributed by atoms with van der Waals surface area (Å²) in [6, 6.07) is -0.228. The molecule has 1 aromatic heterocycles. The van der Waals surface area contributed by atoms with Crippen molar-refractivity contribution < 1.29 is 14.6 Å². The van der Waals surface area contributed by atoms with Gasteiger partial charge in [-0.2, -0.15) is 0 Å². The van der Waals surface area contributed by atoms with Crippen LogP contribution in [-0.2, 0) is 9.53 Å². The number of ether oxygens (including phenoxy) is 1. The molecule has 2 rings (SSSR count). The predicted octanol–water partition coefficient (Wildman–Crippen LogP) is 0.547. The van der Waals surface area contributed by atoms with Crippen LogP contribution in [0, 0.1) is 6.92 Å². The maximum atomic E-state index is 12.2. The lowest BCUT2D eigenvalue weighted by Crippen LogP contribution is -2.47. The van der Waals surface area contributed by atoms with Crippen molar-refractivity contribution in [3.8, 4) is 0 Å². The molecule has 0 bridgehead atoms. The number of aryl methyl sites for hydroxylation is 1. The molecule has 0 radical (unpaired) electrons. The summed E-state index contributed by atoms with van der Waals surface area (Å²) in [5.41, 5.74) is 0. The van der Waals surface area contributed by atoms with Gasteiger partial charge in [0, 0.05) is 6.54 Å². The maximum absolute atomic E-state index is 12.2. The van der Waals surface area contributed by atoms with Gasteiger partial charge in [-0.15, -0.1) is 10.2 Å². The van der Waals surface area contributed by atoms with E-state index in [4.69, 9.17) is 4.74 Å². The smallest absolute Gasteiger partial charge is 0.233 e. The number of carbonyl (C=O) groups excluding carboxylic acids is 1. The molecule has 1 N–H and O–H groups in total. The molecule has 0 aromatic carbocycles. The van der Waals surface area contributed by atoms with Gasteiger partial charge in [-0.3, -0.25) is 4.79 Å². The minimum atomic E-state index is -0.585. The first kappa shape index (κ1) is 14.7. The van der Waals surface area contributed by atoms with Crippen LogP contribution in [-0.4, -0.2) is 63.8 Å². The van der Waals surface area contributed by atoms with Gasteiger partial charge < -0.3 is 14.7 Å². The topological polar surface area (TPSA) is 75.6 Å². The normalized spacial score (nSPS) is 22.7. The van der Waals surface area contributed by atoms with Gasteiger partial charge in [-0.25, -0.2) is 0 Å². The highest BCUT2D eigenvalue weighted by atomic mass is 32.2. The SMILES string of the molecule is CCN(C(=O)CSc1nnc(C)s1)[C@H]1COC[C@@H]1O. The van der Waals surface area contributed by atoms with Crippen LogP contribution in [0.1, 0.15) is 11.9 Å². The quantitative estimate of drug-likeness (QED) is 0.801. The molecule has 1 aliphatic rings. The van der Waals surface area contributed by atoms with Crippen LogP contribution in [0.3, 0.4) is 0 Å². The van der Waals surface area contributed by atoms with Crippen LogP contribution in [0.15, 0.2) is 4.34 Å². The second kappa shape index (κ2) is 6.65. The fraction of sp³-hybridized carbons (Fsp3) is 0.727. The summed E-state index contributed by atoms with van der Waals surface area (Å²) in [6.07, 6.45) is -0.585. The lowest BCUT2D eigenvalue weighted by atomic mass is 10.2. The van der Waals surface area contributed by atoms with E-state index in [1.165, 1.54) is 23.1 Å². The molecule has 1 fully saturated rings. The molecule has 1 amide bonds. The van der Waals surface area contributed by atoms with Crippen LogP contribution in [0.2, 0.25) is 0 Å². The van der Waals surface area contributed by atoms with Crippen LogP contribution in [0.25, 0.3) is 0 Å². The Balaban J connectivity index is 1.90. The fourth-order valence-electron chi connectivity index (χ4n) is 1.97. The Morgan fingerprint density at radius 1 is 1.58 bits per heavy atom. The lowest BCUT2D eigenvalue weighted by Gasteiger charge is -2.28. The van der Waals surface area contributed by atoms with Crippen molar-refractivity contribution in [3.63, 3.8) is 0 Å². The Labute approximate surface area is 120 Å². The van der Waals surface area contributed by atoms with Gasteiger partial charge >= 0.3 is 0 Å². The second-order valence-corrected chi connectivity index (χ2v) is 6.63. The van der Waals surface area contributed by atoms with Crippen molar-refractivity contribution in [3.05, 3.63) is 5.01 Å². The molecule has 2 atom stereocenters. The molecule has 1 aromatic rings. The molecule has 2 heterocycles. The Hall–Kier alpha value is -0.700. The summed E-state index contributed by atoms with van der Waals surface area (Å²) in [5, 5.41) is 18.6. The van der Waals surface area contributed by atoms with E-state index in [0.29, 0.717) is 25.5 Å². The lowest BCUT2D eigenvalue weighted by molar-refractivity contribution is -0.132. The number of hydrogen-bond acceptors (Lipinski definition) is 7. The molecular weight excluding hydrogens is 286 g/mol. The summed E-state index contributed by atoms with van der Waals surface area (Å²) in [4.78, 5) is 13.9. The number of hydrogen-bond donors (Lipinski definition) is 1. The number of amides is 1. The Morgan fingerprint density at radius 3 is 2.89 bits per heavy atom. The first-order chi connectivity index (χ1) is 9.11. The molecule has 106 valence electrons. The van der Waals surface area contributed by atoms with Crippen molar-refractivity contribution in [2.24, 2.45) is 0 Å². The zero-order valence-corrected chi connectivity index (χ0v) is 12.5. The highest BCUT2D eigenvalue weighted by Gasteiger charge is 2.33. The monoisotopic (exact) mass is 303 g/mol. The van der Waals surface area contributed by atoms with Crippen molar-refractivity contribution in [1.82, 2.24) is 15.1 Å². The minimum Gasteiger partial charge on any atom is -0.388 e. The predicted molar refractivity (Wildman–Crippen MR) is 73.4 cm³/mol. The zero-order valence-electron chi connectivity index (χ0n) is 10.9. The van der Waals surface area contributed by atoms with E-state index < -0.39 is 6.10 Å². The minimum absolute atomic E-state index is 0.00472. The molecule has 1 aliphatic heterocycles. The number of aliphatic hydroxyl groups excluding tert-OH is 1. The molecule has 19 heavy (non-hydrogen) atoms. The third-order valence-corrected chi connectivity index (χ3v) is 4.87. The molecule has 0 aliphatic carbocycles. The van der Waals surface area contributed by atoms with Crippen LogP contribution in [0.4, 0.5) is 0 Å². The van der Waals surface area contributed by atoms with Crippen molar-refractivity contribution in [1.29, 1.82) is 0 Å². The largest absolute Gasteiger partial charge is 0.388 e. The summed E-state index contributed by atoms with van der Waals surface area (Å²) >= 11 is 2.86. The third kappa shape index (κ3) is 3.65. The van der Waals surface area contributed by atoms with E-state index in [9.17, 15) is 9.90 Å². The van der Waals surface area contributed by atoms with E-state index in [0.717, 1.165) is 9.35 Å². The van der Waals surface area contributed by atoms with Gasteiger partial charge in [-0.1, -0.05) is 23.1 Å². The number of nitrogens with zero attached hydrogens (tertiary/aromatic N) is 3. The van der Waals surface area contributed by atoms with Crippen LogP contribution < -0.4 is 0 Å². The van der Waals surface area contributed by atoms with E-state index in [-0.39, 0.29) is 11.9 Å². The number of carbonyl (C=O) groups is 1. The summed E-state index contributed by atoms with van der Waals surface area (Å²) < 4.78 is 5.99.